The molecule has 0 saturated carbocycles. The van der Waals surface area contributed by atoms with Crippen LogP contribution in [0.15, 0.2) is 18.2 Å². The van der Waals surface area contributed by atoms with Crippen molar-refractivity contribution in [1.29, 1.82) is 5.26 Å². The highest BCUT2D eigenvalue weighted by Gasteiger charge is 2.19. The maximum absolute atomic E-state index is 10.9. The molecule has 7 heteroatoms. The number of nitro benzene ring substituents is 1. The molecule has 1 heterocycles. The summed E-state index contributed by atoms with van der Waals surface area (Å²) >= 11 is 0. The first-order valence-electron chi connectivity index (χ1n) is 7.82. The minimum Gasteiger partial charge on any atom is -0.370 e. The van der Waals surface area contributed by atoms with Crippen molar-refractivity contribution in [3.63, 3.8) is 0 Å². The van der Waals surface area contributed by atoms with Crippen LogP contribution in [0, 0.1) is 21.4 Å². The summed E-state index contributed by atoms with van der Waals surface area (Å²) in [5.74, 6) is 0. The number of hydrogen-bond acceptors (Lipinski definition) is 6. The molecule has 1 aromatic rings. The van der Waals surface area contributed by atoms with Crippen molar-refractivity contribution in [3.05, 3.63) is 33.9 Å². The highest BCUT2D eigenvalue weighted by molar-refractivity contribution is 5.60. The molecule has 7 nitrogen and oxygen atoms in total. The maximum Gasteiger partial charge on any atom is 0.287 e. The van der Waals surface area contributed by atoms with Gasteiger partial charge in [0, 0.05) is 44.5 Å². The molecule has 0 spiro atoms. The molecule has 0 aromatic heterocycles. The number of rotatable bonds is 5. The van der Waals surface area contributed by atoms with Crippen LogP contribution < -0.4 is 4.90 Å². The summed E-state index contributed by atoms with van der Waals surface area (Å²) in [4.78, 5) is 17.2. The standard InChI is InChI=1S/C16H23N5O2/c1-18(2)8-9-19-6-3-7-20(11-10-19)15-4-5-16(21(22)23)14(12-15)13-17/h4-5,12H,3,6-11H2,1-2H3. The van der Waals surface area contributed by atoms with Crippen molar-refractivity contribution in [1.82, 2.24) is 9.80 Å². The molecule has 1 fully saturated rings. The zero-order valence-corrected chi connectivity index (χ0v) is 13.7. The molecule has 0 atom stereocenters. The van der Waals surface area contributed by atoms with E-state index in [1.165, 1.54) is 6.07 Å². The van der Waals surface area contributed by atoms with Crippen LogP contribution in [-0.2, 0) is 0 Å². The second kappa shape index (κ2) is 7.90. The number of likely N-dealkylation sites (N-methyl/N-ethyl adjacent to an activating group) is 1. The molecule has 0 amide bonds. The first kappa shape index (κ1) is 17.2. The zero-order chi connectivity index (χ0) is 16.8. The van der Waals surface area contributed by atoms with Crippen LogP contribution >= 0.6 is 0 Å². The van der Waals surface area contributed by atoms with Gasteiger partial charge >= 0.3 is 0 Å². The lowest BCUT2D eigenvalue weighted by molar-refractivity contribution is -0.385. The summed E-state index contributed by atoms with van der Waals surface area (Å²) in [6.07, 6.45) is 1.05. The molecule has 124 valence electrons. The molecule has 1 saturated heterocycles. The number of nitriles is 1. The third-order valence-electron chi connectivity index (χ3n) is 4.11. The van der Waals surface area contributed by atoms with Crippen molar-refractivity contribution in [2.24, 2.45) is 0 Å². The van der Waals surface area contributed by atoms with Crippen LogP contribution in [0.4, 0.5) is 11.4 Å². The van der Waals surface area contributed by atoms with Crippen molar-refractivity contribution in [2.75, 3.05) is 58.3 Å². The summed E-state index contributed by atoms with van der Waals surface area (Å²) in [6.45, 7) is 5.88. The Morgan fingerprint density at radius 2 is 2.09 bits per heavy atom. The lowest BCUT2D eigenvalue weighted by atomic mass is 10.1. The lowest BCUT2D eigenvalue weighted by Gasteiger charge is -2.24. The molecule has 0 radical (unpaired) electrons. The van der Waals surface area contributed by atoms with Gasteiger partial charge in [0.15, 0.2) is 0 Å². The Hall–Kier alpha value is -2.17. The Morgan fingerprint density at radius 1 is 1.30 bits per heavy atom. The van der Waals surface area contributed by atoms with Crippen molar-refractivity contribution < 1.29 is 4.92 Å². The number of benzene rings is 1. The number of hydrogen-bond donors (Lipinski definition) is 0. The molecule has 1 aromatic carbocycles. The van der Waals surface area contributed by atoms with Gasteiger partial charge in [-0.05, 0) is 39.2 Å². The Kier molecular flexibility index (Phi) is 5.90. The van der Waals surface area contributed by atoms with Crippen LogP contribution in [-0.4, -0.2) is 68.1 Å². The summed E-state index contributed by atoms with van der Waals surface area (Å²) in [5.41, 5.74) is 0.890. The van der Waals surface area contributed by atoms with Crippen LogP contribution in [0.5, 0.6) is 0 Å². The minimum atomic E-state index is -0.506. The van der Waals surface area contributed by atoms with Gasteiger partial charge in [0.1, 0.15) is 11.6 Å². The van der Waals surface area contributed by atoms with Crippen molar-refractivity contribution in [2.45, 2.75) is 6.42 Å². The third kappa shape index (κ3) is 4.65. The summed E-state index contributed by atoms with van der Waals surface area (Å²) in [6, 6.07) is 6.74. The van der Waals surface area contributed by atoms with E-state index < -0.39 is 4.92 Å². The molecular formula is C16H23N5O2. The summed E-state index contributed by atoms with van der Waals surface area (Å²) in [5, 5.41) is 20.0. The molecule has 23 heavy (non-hydrogen) atoms. The smallest absolute Gasteiger partial charge is 0.287 e. The maximum atomic E-state index is 10.9. The average molecular weight is 317 g/mol. The van der Waals surface area contributed by atoms with Crippen LogP contribution in [0.1, 0.15) is 12.0 Å². The van der Waals surface area contributed by atoms with Gasteiger partial charge in [-0.15, -0.1) is 0 Å². The molecular weight excluding hydrogens is 294 g/mol. The van der Waals surface area contributed by atoms with Gasteiger partial charge in [0.05, 0.1) is 4.92 Å². The number of nitrogens with zero attached hydrogens (tertiary/aromatic N) is 5. The largest absolute Gasteiger partial charge is 0.370 e. The molecule has 0 aliphatic carbocycles. The SMILES string of the molecule is CN(C)CCN1CCCN(c2ccc([N+](=O)[O-])c(C#N)c2)CC1. The van der Waals surface area contributed by atoms with E-state index in [2.05, 4.69) is 28.8 Å². The van der Waals surface area contributed by atoms with Crippen LogP contribution in [0.25, 0.3) is 0 Å². The van der Waals surface area contributed by atoms with Gasteiger partial charge in [0.25, 0.3) is 5.69 Å². The first-order chi connectivity index (χ1) is 11.0. The topological polar surface area (TPSA) is 76.7 Å². The Labute approximate surface area is 136 Å². The van der Waals surface area contributed by atoms with Crippen molar-refractivity contribution in [3.8, 4) is 6.07 Å². The molecule has 1 aliphatic rings. The Morgan fingerprint density at radius 3 is 2.74 bits per heavy atom. The van der Waals surface area contributed by atoms with E-state index in [1.54, 1.807) is 12.1 Å². The van der Waals surface area contributed by atoms with Gasteiger partial charge in [-0.25, -0.2) is 0 Å². The van der Waals surface area contributed by atoms with Crippen molar-refractivity contribution >= 4 is 11.4 Å². The number of nitro groups is 1. The molecule has 0 N–H and O–H groups in total. The average Bonchev–Trinajstić information content (AvgIpc) is 2.77. The van der Waals surface area contributed by atoms with E-state index >= 15 is 0 Å². The van der Waals surface area contributed by atoms with E-state index in [9.17, 15) is 10.1 Å². The monoisotopic (exact) mass is 317 g/mol. The van der Waals surface area contributed by atoms with E-state index in [0.717, 1.165) is 51.4 Å². The van der Waals surface area contributed by atoms with E-state index in [-0.39, 0.29) is 11.3 Å². The third-order valence-corrected chi connectivity index (χ3v) is 4.11. The quantitative estimate of drug-likeness (QED) is 0.605. The van der Waals surface area contributed by atoms with Gasteiger partial charge < -0.3 is 14.7 Å². The fourth-order valence-electron chi connectivity index (χ4n) is 2.76. The van der Waals surface area contributed by atoms with E-state index in [1.807, 2.05) is 6.07 Å². The van der Waals surface area contributed by atoms with Gasteiger partial charge in [-0.3, -0.25) is 10.1 Å². The summed E-state index contributed by atoms with van der Waals surface area (Å²) in [7, 11) is 4.15. The second-order valence-electron chi connectivity index (χ2n) is 6.06. The second-order valence-corrected chi connectivity index (χ2v) is 6.06. The fraction of sp³-hybridized carbons (Fsp3) is 0.562. The normalized spacial score (nSPS) is 16.2. The minimum absolute atomic E-state index is 0.126. The fourth-order valence-corrected chi connectivity index (χ4v) is 2.76. The predicted molar refractivity (Wildman–Crippen MR) is 89.6 cm³/mol. The summed E-state index contributed by atoms with van der Waals surface area (Å²) < 4.78 is 0. The highest BCUT2D eigenvalue weighted by Crippen LogP contribution is 2.25. The molecule has 0 bridgehead atoms. The van der Waals surface area contributed by atoms with Gasteiger partial charge in [-0.2, -0.15) is 5.26 Å². The Balaban J connectivity index is 2.05. The molecule has 0 unspecified atom stereocenters. The predicted octanol–water partition coefficient (Wildman–Crippen LogP) is 1.54. The van der Waals surface area contributed by atoms with Crippen LogP contribution in [0.3, 0.4) is 0 Å². The Bertz CT molecular complexity index is 597. The molecule has 1 aliphatic heterocycles. The lowest BCUT2D eigenvalue weighted by Crippen LogP contribution is -2.35. The van der Waals surface area contributed by atoms with E-state index in [4.69, 9.17) is 5.26 Å². The number of anilines is 1. The highest BCUT2D eigenvalue weighted by atomic mass is 16.6. The van der Waals surface area contributed by atoms with Gasteiger partial charge in [0.2, 0.25) is 0 Å². The zero-order valence-electron chi connectivity index (χ0n) is 13.7. The van der Waals surface area contributed by atoms with Crippen LogP contribution in [0.2, 0.25) is 0 Å². The van der Waals surface area contributed by atoms with Gasteiger partial charge in [-0.1, -0.05) is 0 Å². The molecule has 2 rings (SSSR count). The van der Waals surface area contributed by atoms with E-state index in [0.29, 0.717) is 0 Å². The first-order valence-corrected chi connectivity index (χ1v) is 7.82.